The molecule has 19 heavy (non-hydrogen) atoms. The van der Waals surface area contributed by atoms with Gasteiger partial charge in [0.05, 0.1) is 0 Å². The molecule has 1 aromatic carbocycles. The van der Waals surface area contributed by atoms with Gasteiger partial charge in [-0.3, -0.25) is 5.32 Å². The van der Waals surface area contributed by atoms with Crippen LogP contribution in [0.25, 0.3) is 0 Å². The number of aromatic nitrogens is 2. The Morgan fingerprint density at radius 1 is 1.21 bits per heavy atom. The van der Waals surface area contributed by atoms with Gasteiger partial charge >= 0.3 is 6.03 Å². The lowest BCUT2D eigenvalue weighted by molar-refractivity contribution is 0.262. The summed E-state index contributed by atoms with van der Waals surface area (Å²) in [4.78, 5) is 11.7. The lowest BCUT2D eigenvalue weighted by atomic mass is 10.3. The van der Waals surface area contributed by atoms with Crippen LogP contribution >= 0.6 is 23.1 Å². The number of nitrogens with one attached hydrogen (secondary N) is 2. The molecule has 0 atom stereocenters. The minimum atomic E-state index is -0.316. The molecule has 2 amide bonds. The number of carbonyl (C=O) groups excluding carboxylic acids is 1. The smallest absolute Gasteiger partial charge is 0.308 e. The molecule has 100 valence electrons. The fourth-order valence-electron chi connectivity index (χ4n) is 1.29. The van der Waals surface area contributed by atoms with E-state index < -0.39 is 0 Å². The van der Waals surface area contributed by atoms with E-state index >= 15 is 0 Å². The van der Waals surface area contributed by atoms with Crippen molar-refractivity contribution in [3.8, 4) is 0 Å². The van der Waals surface area contributed by atoms with Crippen LogP contribution in [-0.4, -0.2) is 21.5 Å². The largest absolute Gasteiger partial charge is 0.325 e. The second-order valence-corrected chi connectivity index (χ2v) is 6.79. The molecular formula is C12H14N4OS2. The molecule has 0 aliphatic heterocycles. The van der Waals surface area contributed by atoms with Gasteiger partial charge in [-0.15, -0.1) is 10.2 Å². The highest BCUT2D eigenvalue weighted by molar-refractivity contribution is 8.01. The lowest BCUT2D eigenvalue weighted by Crippen LogP contribution is -2.19. The van der Waals surface area contributed by atoms with Gasteiger partial charge in [-0.1, -0.05) is 55.1 Å². The number of urea groups is 1. The first-order chi connectivity index (χ1) is 9.13. The maximum absolute atomic E-state index is 11.7. The Labute approximate surface area is 119 Å². The Balaban J connectivity index is 1.90. The van der Waals surface area contributed by atoms with Crippen molar-refractivity contribution in [3.63, 3.8) is 0 Å². The van der Waals surface area contributed by atoms with Crippen LogP contribution in [0.4, 0.5) is 15.6 Å². The summed E-state index contributed by atoms with van der Waals surface area (Å²) in [6.07, 6.45) is 0. The molecule has 2 N–H and O–H groups in total. The molecule has 0 saturated carbocycles. The van der Waals surface area contributed by atoms with E-state index in [-0.39, 0.29) is 6.03 Å². The standard InChI is InChI=1S/C12H14N4OS2/c1-8(2)18-12-16-15-11(19-12)14-10(17)13-9-6-4-3-5-7-9/h3-8H,1-2H3,(H2,13,14,15,17). The first-order valence-corrected chi connectivity index (χ1v) is 7.46. The molecule has 0 saturated heterocycles. The molecule has 5 nitrogen and oxygen atoms in total. The first-order valence-electron chi connectivity index (χ1n) is 5.76. The molecule has 0 spiro atoms. The Bertz CT molecular complexity index is 542. The molecule has 0 unspecified atom stereocenters. The number of hydrogen-bond acceptors (Lipinski definition) is 5. The third kappa shape index (κ3) is 4.53. The first kappa shape index (κ1) is 13.8. The summed E-state index contributed by atoms with van der Waals surface area (Å²) in [6, 6.07) is 8.93. The van der Waals surface area contributed by atoms with Crippen molar-refractivity contribution in [1.82, 2.24) is 10.2 Å². The average molecular weight is 294 g/mol. The van der Waals surface area contributed by atoms with E-state index in [0.717, 1.165) is 10.0 Å². The highest BCUT2D eigenvalue weighted by Crippen LogP contribution is 2.28. The average Bonchev–Trinajstić information content (AvgIpc) is 2.76. The zero-order valence-electron chi connectivity index (χ0n) is 10.6. The summed E-state index contributed by atoms with van der Waals surface area (Å²) in [7, 11) is 0. The maximum Gasteiger partial charge on any atom is 0.325 e. The van der Waals surface area contributed by atoms with E-state index in [0.29, 0.717) is 10.4 Å². The lowest BCUT2D eigenvalue weighted by Gasteiger charge is -2.04. The fourth-order valence-corrected chi connectivity index (χ4v) is 3.26. The van der Waals surface area contributed by atoms with Crippen LogP contribution in [0, 0.1) is 0 Å². The quantitative estimate of drug-likeness (QED) is 0.667. The molecule has 2 rings (SSSR count). The second kappa shape index (κ2) is 6.53. The van der Waals surface area contributed by atoms with Crippen LogP contribution in [-0.2, 0) is 0 Å². The fraction of sp³-hybridized carbons (Fsp3) is 0.250. The van der Waals surface area contributed by atoms with Crippen LogP contribution in [0.5, 0.6) is 0 Å². The van der Waals surface area contributed by atoms with E-state index in [1.807, 2.05) is 30.3 Å². The summed E-state index contributed by atoms with van der Waals surface area (Å²) >= 11 is 2.99. The van der Waals surface area contributed by atoms with Gasteiger partial charge in [-0.25, -0.2) is 4.79 Å². The van der Waals surface area contributed by atoms with Gasteiger partial charge in [0.25, 0.3) is 0 Å². The van der Waals surface area contributed by atoms with Crippen molar-refractivity contribution in [1.29, 1.82) is 0 Å². The highest BCUT2D eigenvalue weighted by Gasteiger charge is 2.09. The second-order valence-electron chi connectivity index (χ2n) is 3.98. The zero-order chi connectivity index (χ0) is 13.7. The number of benzene rings is 1. The Morgan fingerprint density at radius 3 is 2.63 bits per heavy atom. The number of anilines is 2. The number of para-hydroxylation sites is 1. The summed E-state index contributed by atoms with van der Waals surface area (Å²) in [5.74, 6) is 0. The van der Waals surface area contributed by atoms with Gasteiger partial charge in [-0.2, -0.15) is 0 Å². The van der Waals surface area contributed by atoms with Gasteiger partial charge in [0.2, 0.25) is 5.13 Å². The Hall–Kier alpha value is -1.60. The minimum Gasteiger partial charge on any atom is -0.308 e. The molecule has 1 aromatic heterocycles. The van der Waals surface area contributed by atoms with Crippen LogP contribution < -0.4 is 10.6 Å². The van der Waals surface area contributed by atoms with E-state index in [4.69, 9.17) is 0 Å². The van der Waals surface area contributed by atoms with E-state index in [1.165, 1.54) is 11.3 Å². The van der Waals surface area contributed by atoms with Crippen LogP contribution in [0.3, 0.4) is 0 Å². The van der Waals surface area contributed by atoms with Gasteiger partial charge in [0, 0.05) is 10.9 Å². The Kier molecular flexibility index (Phi) is 4.75. The van der Waals surface area contributed by atoms with E-state index in [9.17, 15) is 4.79 Å². The number of carbonyl (C=O) groups is 1. The highest BCUT2D eigenvalue weighted by atomic mass is 32.2. The van der Waals surface area contributed by atoms with Crippen molar-refractivity contribution in [2.75, 3.05) is 10.6 Å². The molecule has 7 heteroatoms. The molecular weight excluding hydrogens is 280 g/mol. The van der Waals surface area contributed by atoms with Gasteiger partial charge in [-0.05, 0) is 12.1 Å². The van der Waals surface area contributed by atoms with Crippen molar-refractivity contribution in [2.24, 2.45) is 0 Å². The molecule has 0 bridgehead atoms. The monoisotopic (exact) mass is 294 g/mol. The molecule has 0 aliphatic rings. The SMILES string of the molecule is CC(C)Sc1nnc(NC(=O)Nc2ccccc2)s1. The predicted octanol–water partition coefficient (Wildman–Crippen LogP) is 3.68. The molecule has 2 aromatic rings. The molecule has 0 radical (unpaired) electrons. The minimum absolute atomic E-state index is 0.316. The number of amides is 2. The molecule has 1 heterocycles. The summed E-state index contributed by atoms with van der Waals surface area (Å²) in [6.45, 7) is 4.17. The summed E-state index contributed by atoms with van der Waals surface area (Å²) in [5, 5.41) is 14.3. The van der Waals surface area contributed by atoms with Crippen molar-refractivity contribution in [2.45, 2.75) is 23.4 Å². The van der Waals surface area contributed by atoms with E-state index in [2.05, 4.69) is 34.7 Å². The van der Waals surface area contributed by atoms with Crippen molar-refractivity contribution in [3.05, 3.63) is 30.3 Å². The summed E-state index contributed by atoms with van der Waals surface area (Å²) in [5.41, 5.74) is 0.737. The van der Waals surface area contributed by atoms with Crippen molar-refractivity contribution >= 4 is 39.9 Å². The Morgan fingerprint density at radius 2 is 1.95 bits per heavy atom. The predicted molar refractivity (Wildman–Crippen MR) is 80.0 cm³/mol. The molecule has 0 fully saturated rings. The van der Waals surface area contributed by atoms with Gasteiger partial charge in [0.1, 0.15) is 0 Å². The third-order valence-corrected chi connectivity index (χ3v) is 3.92. The van der Waals surface area contributed by atoms with Crippen LogP contribution in [0.15, 0.2) is 34.7 Å². The third-order valence-electron chi connectivity index (χ3n) is 2.00. The normalized spacial score (nSPS) is 10.5. The van der Waals surface area contributed by atoms with E-state index in [1.54, 1.807) is 11.8 Å². The number of thioether (sulfide) groups is 1. The van der Waals surface area contributed by atoms with Crippen molar-refractivity contribution < 1.29 is 4.79 Å². The topological polar surface area (TPSA) is 66.9 Å². The van der Waals surface area contributed by atoms with Gasteiger partial charge in [0.15, 0.2) is 4.34 Å². The number of rotatable bonds is 4. The number of hydrogen-bond donors (Lipinski definition) is 2. The molecule has 0 aliphatic carbocycles. The number of nitrogens with zero attached hydrogens (tertiary/aromatic N) is 2. The maximum atomic E-state index is 11.7. The van der Waals surface area contributed by atoms with Gasteiger partial charge < -0.3 is 5.32 Å². The summed E-state index contributed by atoms with van der Waals surface area (Å²) < 4.78 is 0.852. The van der Waals surface area contributed by atoms with Crippen LogP contribution in [0.2, 0.25) is 0 Å². The zero-order valence-corrected chi connectivity index (χ0v) is 12.2. The van der Waals surface area contributed by atoms with Crippen LogP contribution in [0.1, 0.15) is 13.8 Å².